The number of thiol groups is 2. The van der Waals surface area contributed by atoms with Crippen LogP contribution in [0.5, 0.6) is 0 Å². The van der Waals surface area contributed by atoms with Crippen LogP contribution < -0.4 is 0 Å². The number of hydroxylamine groups is 4. The van der Waals surface area contributed by atoms with E-state index in [0.717, 1.165) is 0 Å². The molecule has 0 aliphatic carbocycles. The Morgan fingerprint density at radius 2 is 1.24 bits per heavy atom. The van der Waals surface area contributed by atoms with Gasteiger partial charge in [-0.2, -0.15) is 25.3 Å². The van der Waals surface area contributed by atoms with Gasteiger partial charge >= 0.3 is 0 Å². The number of imide groups is 2. The van der Waals surface area contributed by atoms with Gasteiger partial charge in [0.05, 0.1) is 23.3 Å². The highest BCUT2D eigenvalue weighted by molar-refractivity contribution is 7.82. The summed E-state index contributed by atoms with van der Waals surface area (Å²) in [5, 5.41) is -0.831. The second-order valence-electron chi connectivity index (χ2n) is 3.57. The minimum Gasteiger partial charge on any atom is -0.272 e. The van der Waals surface area contributed by atoms with Crippen LogP contribution in [0.4, 0.5) is 0 Å². The predicted molar refractivity (Wildman–Crippen MR) is 59.6 cm³/mol. The Hall–Kier alpha value is -1.06. The lowest BCUT2D eigenvalue weighted by Gasteiger charge is -2.18. The van der Waals surface area contributed by atoms with Crippen LogP contribution in [-0.4, -0.2) is 44.3 Å². The Labute approximate surface area is 107 Å². The molecule has 4 amide bonds. The van der Waals surface area contributed by atoms with E-state index in [1.165, 1.54) is 0 Å². The molecule has 0 bridgehead atoms. The third kappa shape index (κ3) is 2.05. The standard InChI is InChI=1S/C8H8N2O5S2/c11-5-1-3(16)7(13)9(5)15-10-6(12)2-4(17)8(10)14/h3-4,16-17H,1-2H2. The molecule has 17 heavy (non-hydrogen) atoms. The first kappa shape index (κ1) is 12.4. The van der Waals surface area contributed by atoms with Crippen LogP contribution in [0.25, 0.3) is 0 Å². The van der Waals surface area contributed by atoms with Crippen molar-refractivity contribution in [3.63, 3.8) is 0 Å². The first-order valence-corrected chi connectivity index (χ1v) is 5.73. The van der Waals surface area contributed by atoms with Gasteiger partial charge in [0.25, 0.3) is 23.6 Å². The maximum atomic E-state index is 11.4. The zero-order valence-electron chi connectivity index (χ0n) is 8.40. The summed E-state index contributed by atoms with van der Waals surface area (Å²) in [6.45, 7) is 0. The minimum absolute atomic E-state index is 0.123. The van der Waals surface area contributed by atoms with Gasteiger partial charge in [-0.1, -0.05) is 0 Å². The monoisotopic (exact) mass is 276 g/mol. The molecule has 2 fully saturated rings. The highest BCUT2D eigenvalue weighted by atomic mass is 32.1. The quantitative estimate of drug-likeness (QED) is 0.496. The van der Waals surface area contributed by atoms with Crippen molar-refractivity contribution in [3.8, 4) is 0 Å². The van der Waals surface area contributed by atoms with Gasteiger partial charge in [0.15, 0.2) is 0 Å². The van der Waals surface area contributed by atoms with Gasteiger partial charge in [0, 0.05) is 0 Å². The van der Waals surface area contributed by atoms with Crippen molar-refractivity contribution in [2.24, 2.45) is 0 Å². The lowest BCUT2D eigenvalue weighted by molar-refractivity contribution is -0.268. The van der Waals surface area contributed by atoms with Crippen molar-refractivity contribution >= 4 is 48.9 Å². The molecule has 2 heterocycles. The van der Waals surface area contributed by atoms with Crippen LogP contribution in [0.1, 0.15) is 12.8 Å². The number of carbonyl (C=O) groups is 4. The zero-order valence-corrected chi connectivity index (χ0v) is 10.2. The predicted octanol–water partition coefficient (Wildman–Crippen LogP) is -1.05. The fourth-order valence-corrected chi connectivity index (χ4v) is 1.96. The Balaban J connectivity index is 2.12. The van der Waals surface area contributed by atoms with Crippen molar-refractivity contribution in [2.45, 2.75) is 23.3 Å². The average Bonchev–Trinajstić information content (AvgIpc) is 2.62. The molecule has 2 rings (SSSR count). The summed E-state index contributed by atoms with van der Waals surface area (Å²) in [4.78, 5) is 50.3. The van der Waals surface area contributed by atoms with E-state index in [0.29, 0.717) is 10.1 Å². The number of nitrogens with zero attached hydrogens (tertiary/aromatic N) is 2. The third-order valence-electron chi connectivity index (χ3n) is 2.32. The first-order valence-electron chi connectivity index (χ1n) is 4.69. The summed E-state index contributed by atoms with van der Waals surface area (Å²) in [5.41, 5.74) is 0. The highest BCUT2D eigenvalue weighted by Gasteiger charge is 2.45. The normalized spacial score (nSPS) is 29.8. The SMILES string of the molecule is O=C1CC(S)C(=O)N1ON1C(=O)CC(S)C1=O. The molecule has 7 nitrogen and oxygen atoms in total. The zero-order chi connectivity index (χ0) is 12.7. The molecule has 2 unspecified atom stereocenters. The van der Waals surface area contributed by atoms with Gasteiger partial charge in [-0.05, 0) is 0 Å². The summed E-state index contributed by atoms with van der Waals surface area (Å²) < 4.78 is 0. The van der Waals surface area contributed by atoms with Gasteiger partial charge in [-0.15, -0.1) is 15.1 Å². The second-order valence-corrected chi connectivity index (χ2v) is 4.82. The fourth-order valence-electron chi connectivity index (χ4n) is 1.44. The Bertz CT molecular complexity index is 388. The molecule has 2 aliphatic heterocycles. The topological polar surface area (TPSA) is 84.0 Å². The van der Waals surface area contributed by atoms with E-state index in [4.69, 9.17) is 4.94 Å². The Kier molecular flexibility index (Phi) is 3.15. The first-order chi connectivity index (χ1) is 7.91. The molecular formula is C8H8N2O5S2. The van der Waals surface area contributed by atoms with E-state index in [-0.39, 0.29) is 12.8 Å². The van der Waals surface area contributed by atoms with E-state index in [1.807, 2.05) is 0 Å². The van der Waals surface area contributed by atoms with E-state index in [9.17, 15) is 19.2 Å². The van der Waals surface area contributed by atoms with Crippen LogP contribution in [0.3, 0.4) is 0 Å². The molecule has 92 valence electrons. The number of carbonyl (C=O) groups excluding carboxylic acids is 4. The van der Waals surface area contributed by atoms with E-state index >= 15 is 0 Å². The number of hydrogen-bond acceptors (Lipinski definition) is 7. The molecule has 0 aromatic rings. The third-order valence-corrected chi connectivity index (χ3v) is 3.13. The van der Waals surface area contributed by atoms with Gasteiger partial charge in [0.1, 0.15) is 0 Å². The smallest absolute Gasteiger partial charge is 0.268 e. The van der Waals surface area contributed by atoms with E-state index in [1.54, 1.807) is 0 Å². The van der Waals surface area contributed by atoms with Crippen LogP contribution in [0.2, 0.25) is 0 Å². The van der Waals surface area contributed by atoms with E-state index < -0.39 is 34.1 Å². The molecule has 9 heteroatoms. The van der Waals surface area contributed by atoms with E-state index in [2.05, 4.69) is 25.3 Å². The van der Waals surface area contributed by atoms with Gasteiger partial charge < -0.3 is 0 Å². The molecule has 0 saturated carbocycles. The largest absolute Gasteiger partial charge is 0.272 e. The van der Waals surface area contributed by atoms with Crippen LogP contribution in [-0.2, 0) is 24.1 Å². The molecule has 0 spiro atoms. The van der Waals surface area contributed by atoms with Gasteiger partial charge in [-0.25, -0.2) is 0 Å². The van der Waals surface area contributed by atoms with Crippen molar-refractivity contribution in [1.82, 2.24) is 10.1 Å². The molecule has 0 radical (unpaired) electrons. The van der Waals surface area contributed by atoms with Crippen LogP contribution in [0, 0.1) is 0 Å². The maximum absolute atomic E-state index is 11.4. The summed E-state index contributed by atoms with van der Waals surface area (Å²) in [5.74, 6) is -2.67. The molecule has 0 aromatic heterocycles. The van der Waals surface area contributed by atoms with Crippen molar-refractivity contribution in [3.05, 3.63) is 0 Å². The van der Waals surface area contributed by atoms with Gasteiger partial charge in [-0.3, -0.25) is 19.2 Å². The van der Waals surface area contributed by atoms with Crippen LogP contribution >= 0.6 is 25.3 Å². The summed E-state index contributed by atoms with van der Waals surface area (Å²) in [6.07, 6.45) is -0.245. The second kappa shape index (κ2) is 4.31. The van der Waals surface area contributed by atoms with Gasteiger partial charge in [0.2, 0.25) is 0 Å². The molecular weight excluding hydrogens is 268 g/mol. The molecule has 2 atom stereocenters. The van der Waals surface area contributed by atoms with Crippen LogP contribution in [0.15, 0.2) is 0 Å². The summed E-state index contributed by atoms with van der Waals surface area (Å²) in [6, 6.07) is 0. The summed E-state index contributed by atoms with van der Waals surface area (Å²) >= 11 is 7.74. The minimum atomic E-state index is -0.804. The maximum Gasteiger partial charge on any atom is 0.268 e. The molecule has 0 aromatic carbocycles. The van der Waals surface area contributed by atoms with Crippen molar-refractivity contribution in [1.29, 1.82) is 0 Å². The number of hydrogen-bond donors (Lipinski definition) is 2. The van der Waals surface area contributed by atoms with Crippen molar-refractivity contribution < 1.29 is 24.1 Å². The molecule has 2 aliphatic rings. The van der Waals surface area contributed by atoms with Crippen molar-refractivity contribution in [2.75, 3.05) is 0 Å². The summed E-state index contributed by atoms with van der Waals surface area (Å²) in [7, 11) is 0. The molecule has 0 N–H and O–H groups in total. The number of rotatable bonds is 2. The fraction of sp³-hybridized carbons (Fsp3) is 0.500. The Morgan fingerprint density at radius 1 is 0.882 bits per heavy atom. The average molecular weight is 276 g/mol. The lowest BCUT2D eigenvalue weighted by atomic mass is 10.4. The number of amides is 4. The Morgan fingerprint density at radius 3 is 1.47 bits per heavy atom. The highest BCUT2D eigenvalue weighted by Crippen LogP contribution is 2.23. The molecule has 2 saturated heterocycles. The lowest BCUT2D eigenvalue weighted by Crippen LogP contribution is -2.42.